The van der Waals surface area contributed by atoms with Crippen LogP contribution >= 0.6 is 0 Å². The van der Waals surface area contributed by atoms with Crippen LogP contribution in [0.3, 0.4) is 0 Å². The van der Waals surface area contributed by atoms with Crippen molar-refractivity contribution in [3.05, 3.63) is 36.4 Å². The molecule has 0 aliphatic rings. The van der Waals surface area contributed by atoms with Crippen LogP contribution in [0.15, 0.2) is 30.9 Å². The van der Waals surface area contributed by atoms with Crippen molar-refractivity contribution in [3.63, 3.8) is 0 Å². The van der Waals surface area contributed by atoms with Crippen molar-refractivity contribution in [2.75, 3.05) is 13.7 Å². The van der Waals surface area contributed by atoms with E-state index in [2.05, 4.69) is 11.9 Å². The Morgan fingerprint density at radius 1 is 1.35 bits per heavy atom. The van der Waals surface area contributed by atoms with Gasteiger partial charge in [0.2, 0.25) is 0 Å². The molecule has 17 heavy (non-hydrogen) atoms. The van der Waals surface area contributed by atoms with E-state index in [-0.39, 0.29) is 6.10 Å². The first-order valence-electron chi connectivity index (χ1n) is 5.82. The molecule has 3 nitrogen and oxygen atoms in total. The van der Waals surface area contributed by atoms with Gasteiger partial charge in [0.25, 0.3) is 0 Å². The molecule has 3 heteroatoms. The van der Waals surface area contributed by atoms with Crippen LogP contribution in [0.4, 0.5) is 0 Å². The van der Waals surface area contributed by atoms with Crippen molar-refractivity contribution in [2.24, 2.45) is 0 Å². The summed E-state index contributed by atoms with van der Waals surface area (Å²) in [5.41, 5.74) is 1.17. The maximum atomic E-state index is 5.66. The highest BCUT2D eigenvalue weighted by molar-refractivity contribution is 5.43. The lowest BCUT2D eigenvalue weighted by molar-refractivity contribution is 0.230. The molecule has 1 rings (SSSR count). The Bertz CT molecular complexity index is 361. The van der Waals surface area contributed by atoms with Gasteiger partial charge < -0.3 is 14.8 Å². The van der Waals surface area contributed by atoms with Crippen molar-refractivity contribution >= 4 is 0 Å². The van der Waals surface area contributed by atoms with E-state index >= 15 is 0 Å². The van der Waals surface area contributed by atoms with Crippen LogP contribution in [0.1, 0.15) is 19.4 Å². The molecular weight excluding hydrogens is 214 g/mol. The van der Waals surface area contributed by atoms with Gasteiger partial charge in [-0.05, 0) is 31.5 Å². The topological polar surface area (TPSA) is 30.5 Å². The number of nitrogens with one attached hydrogen (secondary N) is 1. The minimum atomic E-state index is 0.147. The van der Waals surface area contributed by atoms with Gasteiger partial charge in [0.1, 0.15) is 0 Å². The van der Waals surface area contributed by atoms with Gasteiger partial charge in [0.15, 0.2) is 11.5 Å². The van der Waals surface area contributed by atoms with Gasteiger partial charge >= 0.3 is 0 Å². The third-order valence-electron chi connectivity index (χ3n) is 2.21. The van der Waals surface area contributed by atoms with Gasteiger partial charge in [-0.2, -0.15) is 0 Å². The number of hydrogen-bond acceptors (Lipinski definition) is 3. The summed E-state index contributed by atoms with van der Waals surface area (Å²) < 4.78 is 11.0. The predicted octanol–water partition coefficient (Wildman–Crippen LogP) is 2.76. The Balaban J connectivity index is 2.73. The van der Waals surface area contributed by atoms with Crippen LogP contribution in [-0.4, -0.2) is 19.8 Å². The molecule has 0 aliphatic carbocycles. The van der Waals surface area contributed by atoms with E-state index < -0.39 is 0 Å². The zero-order chi connectivity index (χ0) is 12.7. The molecule has 0 aliphatic heterocycles. The number of benzene rings is 1. The van der Waals surface area contributed by atoms with Gasteiger partial charge in [0, 0.05) is 13.1 Å². The Morgan fingerprint density at radius 3 is 2.71 bits per heavy atom. The minimum absolute atomic E-state index is 0.147. The molecule has 0 fully saturated rings. The molecule has 1 aromatic rings. The van der Waals surface area contributed by atoms with Gasteiger partial charge in [-0.3, -0.25) is 0 Å². The summed E-state index contributed by atoms with van der Waals surface area (Å²) in [5, 5.41) is 3.25. The summed E-state index contributed by atoms with van der Waals surface area (Å²) in [5.74, 6) is 1.56. The van der Waals surface area contributed by atoms with Crippen LogP contribution in [-0.2, 0) is 6.54 Å². The number of ether oxygens (including phenoxy) is 2. The third kappa shape index (κ3) is 4.49. The second-order valence-corrected chi connectivity index (χ2v) is 4.07. The van der Waals surface area contributed by atoms with E-state index in [1.54, 1.807) is 7.11 Å². The first-order valence-corrected chi connectivity index (χ1v) is 5.82. The highest BCUT2D eigenvalue weighted by Crippen LogP contribution is 2.28. The Morgan fingerprint density at radius 2 is 2.12 bits per heavy atom. The molecule has 0 saturated heterocycles. The largest absolute Gasteiger partial charge is 0.493 e. The Kier molecular flexibility index (Phi) is 5.57. The van der Waals surface area contributed by atoms with Crippen LogP contribution in [0.25, 0.3) is 0 Å². The van der Waals surface area contributed by atoms with Crippen molar-refractivity contribution in [3.8, 4) is 11.5 Å². The number of methoxy groups -OCH3 is 1. The van der Waals surface area contributed by atoms with Gasteiger partial charge in [-0.25, -0.2) is 0 Å². The average Bonchev–Trinajstić information content (AvgIpc) is 2.30. The molecule has 0 saturated carbocycles. The second kappa shape index (κ2) is 6.97. The smallest absolute Gasteiger partial charge is 0.161 e. The van der Waals surface area contributed by atoms with Crippen LogP contribution in [0.2, 0.25) is 0 Å². The van der Waals surface area contributed by atoms with Crippen LogP contribution in [0, 0.1) is 0 Å². The maximum absolute atomic E-state index is 5.66. The summed E-state index contributed by atoms with van der Waals surface area (Å²) in [6, 6.07) is 5.98. The Hall–Kier alpha value is -1.48. The fourth-order valence-corrected chi connectivity index (χ4v) is 1.49. The highest BCUT2D eigenvalue weighted by Gasteiger charge is 2.07. The summed E-state index contributed by atoms with van der Waals surface area (Å²) in [4.78, 5) is 0. The van der Waals surface area contributed by atoms with Gasteiger partial charge in [0.05, 0.1) is 13.2 Å². The summed E-state index contributed by atoms with van der Waals surface area (Å²) in [7, 11) is 1.66. The molecular formula is C14H21NO2. The van der Waals surface area contributed by atoms with E-state index in [9.17, 15) is 0 Å². The molecule has 94 valence electrons. The molecule has 0 radical (unpaired) electrons. The summed E-state index contributed by atoms with van der Waals surface area (Å²) in [6.45, 7) is 9.26. The quantitative estimate of drug-likeness (QED) is 0.582. The van der Waals surface area contributed by atoms with Gasteiger partial charge in [-0.15, -0.1) is 6.58 Å². The number of hydrogen-bond donors (Lipinski definition) is 1. The van der Waals surface area contributed by atoms with Crippen molar-refractivity contribution in [1.82, 2.24) is 5.32 Å². The van der Waals surface area contributed by atoms with Gasteiger partial charge in [-0.1, -0.05) is 12.1 Å². The highest BCUT2D eigenvalue weighted by atomic mass is 16.5. The second-order valence-electron chi connectivity index (χ2n) is 4.07. The number of rotatable bonds is 7. The third-order valence-corrected chi connectivity index (χ3v) is 2.21. The fourth-order valence-electron chi connectivity index (χ4n) is 1.49. The molecule has 1 N–H and O–H groups in total. The first kappa shape index (κ1) is 13.6. The SMILES string of the molecule is C=CCNCc1ccc(OC(C)C)c(OC)c1. The Labute approximate surface area is 103 Å². The molecule has 1 aromatic carbocycles. The minimum Gasteiger partial charge on any atom is -0.493 e. The monoisotopic (exact) mass is 235 g/mol. The van der Waals surface area contributed by atoms with E-state index in [4.69, 9.17) is 9.47 Å². The first-order chi connectivity index (χ1) is 8.17. The maximum Gasteiger partial charge on any atom is 0.161 e. The van der Waals surface area contributed by atoms with Crippen LogP contribution in [0.5, 0.6) is 11.5 Å². The van der Waals surface area contributed by atoms with Crippen molar-refractivity contribution in [1.29, 1.82) is 0 Å². The molecule has 0 unspecified atom stereocenters. The zero-order valence-corrected chi connectivity index (χ0v) is 10.8. The molecule has 0 bridgehead atoms. The lowest BCUT2D eigenvalue weighted by Gasteiger charge is -2.14. The molecule has 0 spiro atoms. The summed E-state index contributed by atoms with van der Waals surface area (Å²) >= 11 is 0. The average molecular weight is 235 g/mol. The normalized spacial score (nSPS) is 10.4. The molecule has 0 amide bonds. The van der Waals surface area contributed by atoms with Crippen LogP contribution < -0.4 is 14.8 Å². The van der Waals surface area contributed by atoms with E-state index in [1.165, 1.54) is 5.56 Å². The lowest BCUT2D eigenvalue weighted by atomic mass is 10.2. The zero-order valence-electron chi connectivity index (χ0n) is 10.8. The summed E-state index contributed by atoms with van der Waals surface area (Å²) in [6.07, 6.45) is 1.99. The molecule has 0 atom stereocenters. The van der Waals surface area contributed by atoms with E-state index in [0.717, 1.165) is 24.6 Å². The fraction of sp³-hybridized carbons (Fsp3) is 0.429. The lowest BCUT2D eigenvalue weighted by Crippen LogP contribution is -2.13. The van der Waals surface area contributed by atoms with Crippen molar-refractivity contribution < 1.29 is 9.47 Å². The van der Waals surface area contributed by atoms with E-state index in [0.29, 0.717) is 0 Å². The molecule has 0 aromatic heterocycles. The molecule has 0 heterocycles. The predicted molar refractivity (Wildman–Crippen MR) is 70.7 cm³/mol. The standard InChI is InChI=1S/C14H21NO2/c1-5-8-15-10-12-6-7-13(17-11(2)3)14(9-12)16-4/h5-7,9,11,15H,1,8,10H2,2-4H3. The van der Waals surface area contributed by atoms with E-state index in [1.807, 2.05) is 38.1 Å². The van der Waals surface area contributed by atoms with Crippen molar-refractivity contribution in [2.45, 2.75) is 26.5 Å².